The summed E-state index contributed by atoms with van der Waals surface area (Å²) in [6, 6.07) is 17.3. The lowest BCUT2D eigenvalue weighted by atomic mass is 9.86. The fourth-order valence-corrected chi connectivity index (χ4v) is 4.73. The number of hydrogen-bond acceptors (Lipinski definition) is 4. The number of nitrogens with one attached hydrogen (secondary N) is 2. The van der Waals surface area contributed by atoms with Gasteiger partial charge in [0.05, 0.1) is 37.6 Å². The van der Waals surface area contributed by atoms with Crippen LogP contribution in [0.25, 0.3) is 28.2 Å². The third kappa shape index (κ3) is 4.62. The molecule has 0 saturated heterocycles. The first-order valence-electron chi connectivity index (χ1n) is 12.2. The Labute approximate surface area is 216 Å². The second kappa shape index (κ2) is 9.28. The highest BCUT2D eigenvalue weighted by Gasteiger charge is 2.24. The highest BCUT2D eigenvalue weighted by molar-refractivity contribution is 6.09. The molecule has 2 heterocycles. The molecule has 0 aliphatic carbocycles. The van der Waals surface area contributed by atoms with Crippen LogP contribution in [0.15, 0.2) is 60.7 Å². The summed E-state index contributed by atoms with van der Waals surface area (Å²) in [5, 5.41) is 4.09. The van der Waals surface area contributed by atoms with Crippen molar-refractivity contribution in [3.63, 3.8) is 0 Å². The van der Waals surface area contributed by atoms with E-state index >= 15 is 0 Å². The molecule has 1 aliphatic heterocycles. The van der Waals surface area contributed by atoms with Crippen molar-refractivity contribution in [2.75, 3.05) is 19.5 Å². The Hall–Kier alpha value is -4.32. The summed E-state index contributed by atoms with van der Waals surface area (Å²) >= 11 is 0. The van der Waals surface area contributed by atoms with Crippen molar-refractivity contribution < 1.29 is 19.1 Å². The number of carbonyl (C=O) groups is 2. The van der Waals surface area contributed by atoms with Crippen molar-refractivity contribution in [1.82, 2.24) is 4.98 Å². The van der Waals surface area contributed by atoms with Gasteiger partial charge in [-0.2, -0.15) is 0 Å². The molecule has 1 aromatic heterocycles. The monoisotopic (exact) mass is 494 g/mol. The molecule has 5 rings (SSSR count). The molecular formula is C31H30N2O4. The first-order chi connectivity index (χ1) is 17.7. The summed E-state index contributed by atoms with van der Waals surface area (Å²) in [7, 11) is 3.09. The molecule has 1 aliphatic rings. The Bertz CT molecular complexity index is 1570. The maximum absolute atomic E-state index is 13.0. The topological polar surface area (TPSA) is 80.4 Å². The lowest BCUT2D eigenvalue weighted by molar-refractivity contribution is -0.115. The Morgan fingerprint density at radius 1 is 0.973 bits per heavy atom. The summed E-state index contributed by atoms with van der Waals surface area (Å²) < 4.78 is 10.6. The Morgan fingerprint density at radius 2 is 1.78 bits per heavy atom. The third-order valence-electron chi connectivity index (χ3n) is 6.80. The van der Waals surface area contributed by atoms with Gasteiger partial charge in [-0.05, 0) is 70.6 Å². The first kappa shape index (κ1) is 24.4. The lowest BCUT2D eigenvalue weighted by Crippen LogP contribution is -2.13. The minimum atomic E-state index is -0.194. The van der Waals surface area contributed by atoms with E-state index in [1.165, 1.54) is 18.7 Å². The zero-order chi connectivity index (χ0) is 26.3. The molecule has 3 aromatic carbocycles. The van der Waals surface area contributed by atoms with Crippen molar-refractivity contribution in [3.8, 4) is 22.8 Å². The van der Waals surface area contributed by atoms with Crippen LogP contribution < -0.4 is 14.8 Å². The van der Waals surface area contributed by atoms with Gasteiger partial charge in [-0.3, -0.25) is 9.59 Å². The van der Waals surface area contributed by atoms with Crippen LogP contribution in [0.5, 0.6) is 11.5 Å². The van der Waals surface area contributed by atoms with Crippen molar-refractivity contribution in [2.45, 2.75) is 32.6 Å². The lowest BCUT2D eigenvalue weighted by Gasteiger charge is -2.19. The Kier molecular flexibility index (Phi) is 6.12. The summed E-state index contributed by atoms with van der Waals surface area (Å²) in [4.78, 5) is 29.3. The second-order valence-electron chi connectivity index (χ2n) is 10.3. The maximum atomic E-state index is 13.0. The molecular weight excluding hydrogens is 464 g/mol. The molecule has 2 N–H and O–H groups in total. The molecule has 0 saturated carbocycles. The van der Waals surface area contributed by atoms with E-state index in [1.807, 2.05) is 18.2 Å². The minimum absolute atomic E-state index is 0.000801. The average Bonchev–Trinajstić information content (AvgIpc) is 3.17. The Morgan fingerprint density at radius 3 is 2.51 bits per heavy atom. The average molecular weight is 495 g/mol. The minimum Gasteiger partial charge on any atom is -0.497 e. The summed E-state index contributed by atoms with van der Waals surface area (Å²) in [5.74, 6) is 0.822. The number of ether oxygens (including phenoxy) is 2. The standard InChI is InChI=1S/C31H30N2O4/c1-31(2,3)19-8-11-25-21(15-19)22-17-29(35)32-26-10-6-18(14-23(26)30(22)33-25)7-12-27(34)24-16-20(36-4)9-13-28(24)37-5/h6-16,33H,17H2,1-5H3,(H,32,35). The van der Waals surface area contributed by atoms with Crippen LogP contribution in [-0.2, 0) is 16.6 Å². The van der Waals surface area contributed by atoms with Crippen LogP contribution in [0, 0.1) is 0 Å². The SMILES string of the molecule is COc1ccc(OC)c(C(=O)C=Cc2ccc3c(c2)-c2[nH]c4ccc(C(C)(C)C)cc4c2CC(=O)N3)c1. The van der Waals surface area contributed by atoms with Gasteiger partial charge < -0.3 is 19.8 Å². The predicted molar refractivity (Wildman–Crippen MR) is 148 cm³/mol. The molecule has 37 heavy (non-hydrogen) atoms. The highest BCUT2D eigenvalue weighted by atomic mass is 16.5. The van der Waals surface area contributed by atoms with Gasteiger partial charge in [0.1, 0.15) is 11.5 Å². The van der Waals surface area contributed by atoms with Gasteiger partial charge in [0, 0.05) is 16.5 Å². The molecule has 0 unspecified atom stereocenters. The number of allylic oxidation sites excluding steroid dienone is 1. The van der Waals surface area contributed by atoms with Gasteiger partial charge in [0.2, 0.25) is 5.91 Å². The number of aromatic nitrogens is 1. The fourth-order valence-electron chi connectivity index (χ4n) is 4.73. The van der Waals surface area contributed by atoms with Gasteiger partial charge in [0.15, 0.2) is 5.78 Å². The summed E-state index contributed by atoms with van der Waals surface area (Å²) in [6.45, 7) is 6.55. The molecule has 0 radical (unpaired) electrons. The summed E-state index contributed by atoms with van der Waals surface area (Å²) in [5.41, 5.74) is 7.01. The number of anilines is 1. The number of benzene rings is 3. The predicted octanol–water partition coefficient (Wildman–Crippen LogP) is 6.54. The molecule has 6 heteroatoms. The van der Waals surface area contributed by atoms with Crippen LogP contribution in [0.3, 0.4) is 0 Å². The number of methoxy groups -OCH3 is 2. The van der Waals surface area contributed by atoms with Crippen LogP contribution in [0.1, 0.15) is 47.8 Å². The van der Waals surface area contributed by atoms with Crippen molar-refractivity contribution >= 4 is 34.4 Å². The molecule has 0 spiro atoms. The van der Waals surface area contributed by atoms with E-state index in [-0.39, 0.29) is 23.5 Å². The Balaban J connectivity index is 1.55. The normalized spacial score (nSPS) is 13.2. The zero-order valence-corrected chi connectivity index (χ0v) is 21.7. The maximum Gasteiger partial charge on any atom is 0.228 e. The van der Waals surface area contributed by atoms with Gasteiger partial charge in [-0.15, -0.1) is 0 Å². The zero-order valence-electron chi connectivity index (χ0n) is 21.7. The highest BCUT2D eigenvalue weighted by Crippen LogP contribution is 2.39. The van der Waals surface area contributed by atoms with Crippen molar-refractivity contribution in [2.24, 2.45) is 0 Å². The van der Waals surface area contributed by atoms with Crippen LogP contribution in [0.2, 0.25) is 0 Å². The first-order valence-corrected chi connectivity index (χ1v) is 12.2. The summed E-state index contributed by atoms with van der Waals surface area (Å²) in [6.07, 6.45) is 3.58. The van der Waals surface area contributed by atoms with E-state index < -0.39 is 0 Å². The third-order valence-corrected chi connectivity index (χ3v) is 6.80. The number of ketones is 1. The molecule has 1 amide bonds. The number of amides is 1. The van der Waals surface area contributed by atoms with E-state index in [4.69, 9.17) is 9.47 Å². The van der Waals surface area contributed by atoms with E-state index in [0.29, 0.717) is 17.1 Å². The van der Waals surface area contributed by atoms with Crippen molar-refractivity contribution in [1.29, 1.82) is 0 Å². The van der Waals surface area contributed by atoms with Gasteiger partial charge in [0.25, 0.3) is 0 Å². The van der Waals surface area contributed by atoms with E-state index in [0.717, 1.165) is 39.0 Å². The number of carbonyl (C=O) groups excluding carboxylic acids is 2. The largest absolute Gasteiger partial charge is 0.497 e. The van der Waals surface area contributed by atoms with Gasteiger partial charge in [-0.25, -0.2) is 0 Å². The van der Waals surface area contributed by atoms with E-state index in [9.17, 15) is 9.59 Å². The van der Waals surface area contributed by atoms with Gasteiger partial charge >= 0.3 is 0 Å². The van der Waals surface area contributed by atoms with Crippen molar-refractivity contribution in [3.05, 3.63) is 82.9 Å². The molecule has 0 fully saturated rings. The number of rotatable bonds is 5. The van der Waals surface area contributed by atoms with Crippen LogP contribution >= 0.6 is 0 Å². The van der Waals surface area contributed by atoms with E-state index in [2.05, 4.69) is 49.3 Å². The molecule has 4 aromatic rings. The van der Waals surface area contributed by atoms with Crippen LogP contribution in [-0.4, -0.2) is 30.9 Å². The molecule has 6 nitrogen and oxygen atoms in total. The van der Waals surface area contributed by atoms with E-state index in [1.54, 1.807) is 31.4 Å². The smallest absolute Gasteiger partial charge is 0.228 e. The number of H-pyrrole nitrogens is 1. The number of fused-ring (bicyclic) bond motifs is 5. The second-order valence-corrected chi connectivity index (χ2v) is 10.3. The van der Waals surface area contributed by atoms with Gasteiger partial charge in [-0.1, -0.05) is 39.0 Å². The number of hydrogen-bond donors (Lipinski definition) is 2. The van der Waals surface area contributed by atoms with Crippen LogP contribution in [0.4, 0.5) is 5.69 Å². The fraction of sp³-hybridized carbons (Fsp3) is 0.226. The number of aromatic amines is 1. The molecule has 188 valence electrons. The molecule has 0 bridgehead atoms. The quantitative estimate of drug-likeness (QED) is 0.244. The molecule has 0 atom stereocenters.